The van der Waals surface area contributed by atoms with Crippen molar-refractivity contribution in [2.24, 2.45) is 11.8 Å². The maximum absolute atomic E-state index is 13.6. The van der Waals surface area contributed by atoms with E-state index in [2.05, 4.69) is 18.7 Å². The van der Waals surface area contributed by atoms with Crippen molar-refractivity contribution >= 4 is 17.4 Å². The molecule has 1 fully saturated rings. The van der Waals surface area contributed by atoms with Crippen LogP contribution in [0.1, 0.15) is 37.0 Å². The van der Waals surface area contributed by atoms with Gasteiger partial charge < -0.3 is 9.64 Å². The van der Waals surface area contributed by atoms with Crippen LogP contribution < -0.4 is 4.74 Å². The number of methoxy groups -OCH3 is 1. The monoisotopic (exact) mass is 418 g/mol. The molecule has 2 aromatic rings. The lowest BCUT2D eigenvalue weighted by atomic mass is 9.91. The number of hydrogen-bond acceptors (Lipinski definition) is 4. The van der Waals surface area contributed by atoms with Crippen LogP contribution in [0, 0.1) is 18.8 Å². The van der Waals surface area contributed by atoms with E-state index in [-0.39, 0.29) is 18.4 Å². The van der Waals surface area contributed by atoms with E-state index in [0.29, 0.717) is 34.4 Å². The molecule has 0 aromatic heterocycles. The van der Waals surface area contributed by atoms with Crippen LogP contribution >= 0.6 is 0 Å². The Kier molecular flexibility index (Phi) is 5.86. The Labute approximate surface area is 184 Å². The van der Waals surface area contributed by atoms with E-state index >= 15 is 0 Å². The number of hydrogen-bond donors (Lipinski definition) is 0. The van der Waals surface area contributed by atoms with Gasteiger partial charge in [-0.3, -0.25) is 14.5 Å². The third-order valence-corrected chi connectivity index (χ3v) is 6.17. The minimum absolute atomic E-state index is 0.215. The molecule has 31 heavy (non-hydrogen) atoms. The van der Waals surface area contributed by atoms with Gasteiger partial charge in [0.2, 0.25) is 0 Å². The zero-order valence-corrected chi connectivity index (χ0v) is 18.7. The number of amides is 2. The number of piperidine rings is 1. The highest BCUT2D eigenvalue weighted by atomic mass is 16.5. The molecule has 2 unspecified atom stereocenters. The SMILES string of the molecule is COc1ccccc1C1=C(N2CC(C)CC(C)C2)C(=O)N(Cc2ccc(C)cc2)C1=O. The second-order valence-corrected chi connectivity index (χ2v) is 8.96. The molecule has 1 saturated heterocycles. The summed E-state index contributed by atoms with van der Waals surface area (Å²) in [6.45, 7) is 8.24. The maximum atomic E-state index is 13.6. The zero-order valence-electron chi connectivity index (χ0n) is 18.7. The highest BCUT2D eigenvalue weighted by Crippen LogP contribution is 2.38. The van der Waals surface area contributed by atoms with Crippen LogP contribution in [-0.2, 0) is 16.1 Å². The number of ether oxygens (including phenoxy) is 1. The van der Waals surface area contributed by atoms with Gasteiger partial charge in [0.25, 0.3) is 11.8 Å². The number of benzene rings is 2. The average Bonchev–Trinajstić information content (AvgIpc) is 2.99. The molecule has 4 rings (SSSR count). The predicted octanol–water partition coefficient (Wildman–Crippen LogP) is 4.26. The molecule has 2 aliphatic heterocycles. The summed E-state index contributed by atoms with van der Waals surface area (Å²) in [6, 6.07) is 15.4. The van der Waals surface area contributed by atoms with Crippen molar-refractivity contribution in [2.45, 2.75) is 33.7 Å². The predicted molar refractivity (Wildman–Crippen MR) is 121 cm³/mol. The first kappa shape index (κ1) is 21.2. The molecule has 0 aliphatic carbocycles. The van der Waals surface area contributed by atoms with Gasteiger partial charge in [0, 0.05) is 18.7 Å². The number of carbonyl (C=O) groups excluding carboxylic acids is 2. The first-order chi connectivity index (χ1) is 14.9. The van der Waals surface area contributed by atoms with Gasteiger partial charge in [-0.05, 0) is 36.8 Å². The van der Waals surface area contributed by atoms with Gasteiger partial charge in [-0.2, -0.15) is 0 Å². The third-order valence-electron chi connectivity index (χ3n) is 6.17. The van der Waals surface area contributed by atoms with E-state index in [1.54, 1.807) is 7.11 Å². The number of likely N-dealkylation sites (tertiary alicyclic amines) is 1. The highest BCUT2D eigenvalue weighted by Gasteiger charge is 2.43. The summed E-state index contributed by atoms with van der Waals surface area (Å²) in [5.74, 6) is 1.06. The van der Waals surface area contributed by atoms with E-state index in [1.807, 2.05) is 55.5 Å². The Balaban J connectivity index is 1.78. The Bertz CT molecular complexity index is 1020. The van der Waals surface area contributed by atoms with Crippen molar-refractivity contribution in [1.82, 2.24) is 9.80 Å². The number of nitrogens with zero attached hydrogens (tertiary/aromatic N) is 2. The fourth-order valence-electron chi connectivity index (χ4n) is 4.82. The first-order valence-corrected chi connectivity index (χ1v) is 10.9. The quantitative estimate of drug-likeness (QED) is 0.681. The van der Waals surface area contributed by atoms with Gasteiger partial charge in [-0.25, -0.2) is 0 Å². The maximum Gasteiger partial charge on any atom is 0.278 e. The standard InChI is InChI=1S/C26H30N2O3/c1-17-9-11-20(12-10-17)16-28-25(29)23(21-7-5-6-8-22(21)31-4)24(26(28)30)27-14-18(2)13-19(3)15-27/h5-12,18-19H,13-16H2,1-4H3. The summed E-state index contributed by atoms with van der Waals surface area (Å²) >= 11 is 0. The molecule has 2 atom stereocenters. The summed E-state index contributed by atoms with van der Waals surface area (Å²) in [6.07, 6.45) is 1.13. The van der Waals surface area contributed by atoms with Crippen LogP contribution in [0.2, 0.25) is 0 Å². The van der Waals surface area contributed by atoms with Crippen LogP contribution in [0.5, 0.6) is 5.75 Å². The lowest BCUT2D eigenvalue weighted by Crippen LogP contribution is -2.41. The number of aryl methyl sites for hydroxylation is 1. The lowest BCUT2D eigenvalue weighted by molar-refractivity contribution is -0.138. The molecule has 2 amide bonds. The van der Waals surface area contributed by atoms with Crippen molar-refractivity contribution in [3.8, 4) is 5.75 Å². The van der Waals surface area contributed by atoms with Gasteiger partial charge in [0.15, 0.2) is 0 Å². The molecule has 162 valence electrons. The fourth-order valence-corrected chi connectivity index (χ4v) is 4.82. The van der Waals surface area contributed by atoms with Crippen molar-refractivity contribution in [2.75, 3.05) is 20.2 Å². The van der Waals surface area contributed by atoms with Crippen molar-refractivity contribution in [1.29, 1.82) is 0 Å². The lowest BCUT2D eigenvalue weighted by Gasteiger charge is -2.37. The van der Waals surface area contributed by atoms with Crippen LogP contribution in [0.15, 0.2) is 54.2 Å². The second-order valence-electron chi connectivity index (χ2n) is 8.96. The molecule has 0 N–H and O–H groups in total. The van der Waals surface area contributed by atoms with Crippen LogP contribution in [0.25, 0.3) is 5.57 Å². The summed E-state index contributed by atoms with van der Waals surface area (Å²) in [5, 5.41) is 0. The van der Waals surface area contributed by atoms with Crippen molar-refractivity contribution in [3.63, 3.8) is 0 Å². The van der Waals surface area contributed by atoms with Crippen molar-refractivity contribution < 1.29 is 14.3 Å². The van der Waals surface area contributed by atoms with E-state index in [9.17, 15) is 9.59 Å². The molecule has 0 spiro atoms. The van der Waals surface area contributed by atoms with E-state index in [4.69, 9.17) is 4.74 Å². The Hall–Kier alpha value is -3.08. The molecule has 0 bridgehead atoms. The normalized spacial score (nSPS) is 21.8. The molecule has 0 radical (unpaired) electrons. The summed E-state index contributed by atoms with van der Waals surface area (Å²) < 4.78 is 5.55. The van der Waals surface area contributed by atoms with Gasteiger partial charge in [0.05, 0.1) is 19.2 Å². The summed E-state index contributed by atoms with van der Waals surface area (Å²) in [5.41, 5.74) is 3.73. The minimum atomic E-state index is -0.254. The van der Waals surface area contributed by atoms with Crippen LogP contribution in [-0.4, -0.2) is 41.8 Å². The molecule has 2 aliphatic rings. The van der Waals surface area contributed by atoms with Gasteiger partial charge >= 0.3 is 0 Å². The van der Waals surface area contributed by atoms with Gasteiger partial charge in [-0.1, -0.05) is 61.9 Å². The fraction of sp³-hybridized carbons (Fsp3) is 0.385. The Morgan fingerprint density at radius 3 is 2.23 bits per heavy atom. The van der Waals surface area contributed by atoms with Gasteiger partial charge in [0.1, 0.15) is 11.4 Å². The van der Waals surface area contributed by atoms with Crippen molar-refractivity contribution in [3.05, 3.63) is 70.9 Å². The van der Waals surface area contributed by atoms with E-state index in [0.717, 1.165) is 30.6 Å². The van der Waals surface area contributed by atoms with Crippen LogP contribution in [0.3, 0.4) is 0 Å². The Morgan fingerprint density at radius 1 is 0.935 bits per heavy atom. The third kappa shape index (κ3) is 4.09. The number of imide groups is 1. The highest BCUT2D eigenvalue weighted by molar-refractivity contribution is 6.35. The molecule has 0 saturated carbocycles. The second kappa shape index (κ2) is 8.58. The molecular weight excluding hydrogens is 388 g/mol. The minimum Gasteiger partial charge on any atom is -0.496 e. The average molecular weight is 419 g/mol. The molecular formula is C26H30N2O3. The van der Waals surface area contributed by atoms with Crippen LogP contribution in [0.4, 0.5) is 0 Å². The zero-order chi connectivity index (χ0) is 22.1. The number of carbonyl (C=O) groups is 2. The largest absolute Gasteiger partial charge is 0.496 e. The molecule has 2 aromatic carbocycles. The Morgan fingerprint density at radius 2 is 1.58 bits per heavy atom. The summed E-state index contributed by atoms with van der Waals surface area (Å²) in [4.78, 5) is 30.8. The van der Waals surface area contributed by atoms with E-state index < -0.39 is 0 Å². The summed E-state index contributed by atoms with van der Waals surface area (Å²) in [7, 11) is 1.59. The smallest absolute Gasteiger partial charge is 0.278 e. The number of rotatable bonds is 5. The number of para-hydroxylation sites is 1. The molecule has 5 heteroatoms. The topological polar surface area (TPSA) is 49.9 Å². The van der Waals surface area contributed by atoms with Gasteiger partial charge in [-0.15, -0.1) is 0 Å². The van der Waals surface area contributed by atoms with E-state index in [1.165, 1.54) is 4.90 Å². The first-order valence-electron chi connectivity index (χ1n) is 10.9. The molecule has 5 nitrogen and oxygen atoms in total. The molecule has 2 heterocycles.